The van der Waals surface area contributed by atoms with Crippen molar-refractivity contribution in [1.29, 1.82) is 0 Å². The highest BCUT2D eigenvalue weighted by molar-refractivity contribution is 5.97. The van der Waals surface area contributed by atoms with Crippen LogP contribution in [0.5, 0.6) is 0 Å². The molecule has 2 atom stereocenters. The summed E-state index contributed by atoms with van der Waals surface area (Å²) < 4.78 is 0. The lowest BCUT2D eigenvalue weighted by atomic mass is 9.92. The van der Waals surface area contributed by atoms with Crippen molar-refractivity contribution < 1.29 is 9.90 Å². The monoisotopic (exact) mass is 362 g/mol. The SMILES string of the molecule is O=C(N[C@@H](c1ccccc1)C(O)NC1CCC1)c1ccc2cncnc2c1. The van der Waals surface area contributed by atoms with Gasteiger partial charge in [-0.15, -0.1) is 0 Å². The van der Waals surface area contributed by atoms with Crippen LogP contribution in [0, 0.1) is 0 Å². The van der Waals surface area contributed by atoms with Crippen LogP contribution < -0.4 is 10.6 Å². The molecule has 6 heteroatoms. The van der Waals surface area contributed by atoms with E-state index in [1.54, 1.807) is 18.3 Å². The van der Waals surface area contributed by atoms with Gasteiger partial charge in [-0.3, -0.25) is 10.1 Å². The molecule has 1 saturated carbocycles. The normalized spacial score (nSPS) is 16.5. The lowest BCUT2D eigenvalue weighted by Gasteiger charge is -2.33. The van der Waals surface area contributed by atoms with Crippen LogP contribution in [0.15, 0.2) is 61.1 Å². The van der Waals surface area contributed by atoms with E-state index in [4.69, 9.17) is 0 Å². The van der Waals surface area contributed by atoms with Crippen LogP contribution in [0.2, 0.25) is 0 Å². The number of hydrogen-bond acceptors (Lipinski definition) is 5. The van der Waals surface area contributed by atoms with E-state index in [1.165, 1.54) is 12.7 Å². The third-order valence-electron chi connectivity index (χ3n) is 5.04. The zero-order valence-corrected chi connectivity index (χ0v) is 14.9. The van der Waals surface area contributed by atoms with E-state index in [0.717, 1.165) is 23.8 Å². The minimum atomic E-state index is -0.857. The molecule has 0 radical (unpaired) electrons. The Kier molecular flexibility index (Phi) is 5.09. The van der Waals surface area contributed by atoms with Crippen molar-refractivity contribution in [3.63, 3.8) is 0 Å². The fourth-order valence-corrected chi connectivity index (χ4v) is 3.26. The van der Waals surface area contributed by atoms with Gasteiger partial charge < -0.3 is 10.4 Å². The first-order chi connectivity index (χ1) is 13.2. The number of benzene rings is 2. The maximum Gasteiger partial charge on any atom is 0.251 e. The summed E-state index contributed by atoms with van der Waals surface area (Å²) >= 11 is 0. The van der Waals surface area contributed by atoms with Crippen LogP contribution in [-0.2, 0) is 0 Å². The molecule has 4 rings (SSSR count). The fourth-order valence-electron chi connectivity index (χ4n) is 3.26. The summed E-state index contributed by atoms with van der Waals surface area (Å²) in [6.45, 7) is 0. The molecule has 1 aliphatic rings. The van der Waals surface area contributed by atoms with E-state index >= 15 is 0 Å². The second kappa shape index (κ2) is 7.82. The van der Waals surface area contributed by atoms with Crippen molar-refractivity contribution in [1.82, 2.24) is 20.6 Å². The van der Waals surface area contributed by atoms with Crippen LogP contribution in [0.1, 0.15) is 41.2 Å². The highest BCUT2D eigenvalue weighted by Crippen LogP contribution is 2.23. The highest BCUT2D eigenvalue weighted by atomic mass is 16.3. The number of fused-ring (bicyclic) bond motifs is 1. The molecule has 1 unspecified atom stereocenters. The van der Waals surface area contributed by atoms with Gasteiger partial charge in [-0.1, -0.05) is 42.8 Å². The third kappa shape index (κ3) is 3.97. The summed E-state index contributed by atoms with van der Waals surface area (Å²) in [5.41, 5.74) is 2.06. The predicted octanol–water partition coefficient (Wildman–Crippen LogP) is 2.56. The first kappa shape index (κ1) is 17.6. The Morgan fingerprint density at radius 3 is 2.70 bits per heavy atom. The molecule has 1 amide bonds. The molecule has 6 nitrogen and oxygen atoms in total. The molecule has 0 bridgehead atoms. The number of hydrogen-bond donors (Lipinski definition) is 3. The average Bonchev–Trinajstić information content (AvgIpc) is 2.68. The maximum absolute atomic E-state index is 12.9. The molecule has 27 heavy (non-hydrogen) atoms. The van der Waals surface area contributed by atoms with Crippen LogP contribution >= 0.6 is 0 Å². The van der Waals surface area contributed by atoms with Crippen LogP contribution in [0.4, 0.5) is 0 Å². The van der Waals surface area contributed by atoms with Gasteiger partial charge in [0.2, 0.25) is 0 Å². The Bertz CT molecular complexity index is 928. The van der Waals surface area contributed by atoms with Gasteiger partial charge in [-0.25, -0.2) is 9.97 Å². The molecule has 1 aliphatic carbocycles. The van der Waals surface area contributed by atoms with Gasteiger partial charge in [0.05, 0.1) is 11.6 Å². The summed E-state index contributed by atoms with van der Waals surface area (Å²) in [5, 5.41) is 17.8. The first-order valence-electron chi connectivity index (χ1n) is 9.20. The zero-order chi connectivity index (χ0) is 18.6. The third-order valence-corrected chi connectivity index (χ3v) is 5.04. The number of aliphatic hydroxyl groups excluding tert-OH is 1. The number of aliphatic hydroxyl groups is 1. The Balaban J connectivity index is 1.56. The van der Waals surface area contributed by atoms with E-state index < -0.39 is 12.3 Å². The van der Waals surface area contributed by atoms with Gasteiger partial charge in [-0.05, 0) is 30.5 Å². The van der Waals surface area contributed by atoms with Gasteiger partial charge in [0.25, 0.3) is 5.91 Å². The maximum atomic E-state index is 12.9. The Hall–Kier alpha value is -2.83. The van der Waals surface area contributed by atoms with E-state index in [1.807, 2.05) is 36.4 Å². The Labute approximate surface area is 157 Å². The quantitative estimate of drug-likeness (QED) is 0.587. The first-order valence-corrected chi connectivity index (χ1v) is 9.20. The topological polar surface area (TPSA) is 87.1 Å². The van der Waals surface area contributed by atoms with Crippen LogP contribution in [0.3, 0.4) is 0 Å². The largest absolute Gasteiger partial charge is 0.376 e. The molecule has 1 aromatic heterocycles. The summed E-state index contributed by atoms with van der Waals surface area (Å²) in [6.07, 6.45) is 5.59. The average molecular weight is 362 g/mol. The molecule has 3 aromatic rings. The number of rotatable bonds is 6. The molecular weight excluding hydrogens is 340 g/mol. The number of carbonyl (C=O) groups excluding carboxylic acids is 1. The zero-order valence-electron chi connectivity index (χ0n) is 14.9. The Morgan fingerprint density at radius 2 is 1.96 bits per heavy atom. The van der Waals surface area contributed by atoms with Crippen molar-refractivity contribution in [2.45, 2.75) is 37.6 Å². The van der Waals surface area contributed by atoms with E-state index in [2.05, 4.69) is 20.6 Å². The lowest BCUT2D eigenvalue weighted by molar-refractivity contribution is 0.0591. The lowest BCUT2D eigenvalue weighted by Crippen LogP contribution is -2.49. The van der Waals surface area contributed by atoms with Gasteiger partial charge in [-0.2, -0.15) is 0 Å². The van der Waals surface area contributed by atoms with Crippen LogP contribution in [0.25, 0.3) is 10.9 Å². The molecule has 138 valence electrons. The van der Waals surface area contributed by atoms with Crippen molar-refractivity contribution in [3.8, 4) is 0 Å². The molecule has 0 aliphatic heterocycles. The molecule has 2 aromatic carbocycles. The standard InChI is InChI=1S/C21H22N4O2/c26-20(15-9-10-16-12-22-13-23-18(16)11-15)25-19(14-5-2-1-3-6-14)21(27)24-17-7-4-8-17/h1-3,5-6,9-13,17,19,21,24,27H,4,7-8H2,(H,25,26)/t19-,21?/m0/s1. The van der Waals surface area contributed by atoms with E-state index in [-0.39, 0.29) is 5.91 Å². The van der Waals surface area contributed by atoms with Crippen LogP contribution in [-0.4, -0.2) is 33.3 Å². The van der Waals surface area contributed by atoms with Crippen molar-refractivity contribution in [2.24, 2.45) is 0 Å². The Morgan fingerprint density at radius 1 is 1.15 bits per heavy atom. The second-order valence-corrected chi connectivity index (χ2v) is 6.90. The smallest absolute Gasteiger partial charge is 0.251 e. The van der Waals surface area contributed by atoms with Crippen molar-refractivity contribution >= 4 is 16.8 Å². The number of amides is 1. The summed E-state index contributed by atoms with van der Waals surface area (Å²) in [7, 11) is 0. The second-order valence-electron chi connectivity index (χ2n) is 6.90. The molecule has 1 heterocycles. The number of nitrogens with one attached hydrogen (secondary N) is 2. The minimum Gasteiger partial charge on any atom is -0.376 e. The summed E-state index contributed by atoms with van der Waals surface area (Å²) in [5.74, 6) is -0.251. The summed E-state index contributed by atoms with van der Waals surface area (Å²) in [4.78, 5) is 21.0. The minimum absolute atomic E-state index is 0.251. The number of nitrogens with zero attached hydrogens (tertiary/aromatic N) is 2. The van der Waals surface area contributed by atoms with E-state index in [0.29, 0.717) is 17.1 Å². The van der Waals surface area contributed by atoms with Gasteiger partial charge in [0.1, 0.15) is 12.6 Å². The molecule has 1 fully saturated rings. The van der Waals surface area contributed by atoms with Gasteiger partial charge >= 0.3 is 0 Å². The molecule has 0 saturated heterocycles. The number of carbonyl (C=O) groups is 1. The fraction of sp³-hybridized carbons (Fsp3) is 0.286. The highest BCUT2D eigenvalue weighted by Gasteiger charge is 2.28. The van der Waals surface area contributed by atoms with Gasteiger partial charge in [0, 0.05) is 23.2 Å². The molecule has 0 spiro atoms. The van der Waals surface area contributed by atoms with Gasteiger partial charge in [0.15, 0.2) is 0 Å². The molecular formula is C21H22N4O2. The number of aromatic nitrogens is 2. The van der Waals surface area contributed by atoms with E-state index in [9.17, 15) is 9.90 Å². The van der Waals surface area contributed by atoms with Crippen molar-refractivity contribution in [2.75, 3.05) is 0 Å². The summed E-state index contributed by atoms with van der Waals surface area (Å²) in [6, 6.07) is 14.6. The predicted molar refractivity (Wildman–Crippen MR) is 103 cm³/mol. The molecule has 3 N–H and O–H groups in total. The van der Waals surface area contributed by atoms with Crippen molar-refractivity contribution in [3.05, 3.63) is 72.2 Å².